The Labute approximate surface area is 189 Å². The van der Waals surface area contributed by atoms with Gasteiger partial charge in [-0.15, -0.1) is 11.3 Å². The highest BCUT2D eigenvalue weighted by atomic mass is 35.5. The van der Waals surface area contributed by atoms with E-state index < -0.39 is 0 Å². The minimum Gasteiger partial charge on any atom is -0.489 e. The lowest BCUT2D eigenvalue weighted by molar-refractivity contribution is 0.0963. The van der Waals surface area contributed by atoms with Gasteiger partial charge in [0.05, 0.1) is 28.2 Å². The normalized spacial score (nSPS) is 11.2. The fraction of sp³-hybridized carbons (Fsp3) is 0.227. The summed E-state index contributed by atoms with van der Waals surface area (Å²) in [6, 6.07) is 8.98. The van der Waals surface area contributed by atoms with Gasteiger partial charge in [0.25, 0.3) is 5.91 Å². The first-order chi connectivity index (χ1) is 14.9. The van der Waals surface area contributed by atoms with Crippen LogP contribution in [0.1, 0.15) is 29.9 Å². The van der Waals surface area contributed by atoms with E-state index in [0.717, 1.165) is 22.7 Å². The fourth-order valence-corrected chi connectivity index (χ4v) is 4.14. The van der Waals surface area contributed by atoms with E-state index >= 15 is 0 Å². The zero-order chi connectivity index (χ0) is 22.1. The van der Waals surface area contributed by atoms with Gasteiger partial charge in [-0.05, 0) is 51.1 Å². The number of halogens is 1. The Morgan fingerprint density at radius 3 is 2.77 bits per heavy atom. The summed E-state index contributed by atoms with van der Waals surface area (Å²) in [4.78, 5) is 21.4. The van der Waals surface area contributed by atoms with E-state index in [2.05, 4.69) is 15.6 Å². The number of anilines is 2. The van der Waals surface area contributed by atoms with Crippen LogP contribution in [0.25, 0.3) is 17.0 Å². The topological polar surface area (TPSA) is 80.5 Å². The molecule has 9 heteroatoms. The molecule has 0 bridgehead atoms. The molecule has 3 aromatic heterocycles. The molecule has 4 aromatic rings. The molecule has 2 N–H and O–H groups in total. The Morgan fingerprint density at radius 1 is 1.23 bits per heavy atom. The van der Waals surface area contributed by atoms with E-state index in [1.54, 1.807) is 25.2 Å². The average molecular weight is 456 g/mol. The quantitative estimate of drug-likeness (QED) is 0.411. The van der Waals surface area contributed by atoms with Crippen LogP contribution in [0, 0.1) is 6.92 Å². The van der Waals surface area contributed by atoms with Crippen LogP contribution < -0.4 is 15.4 Å². The largest absolute Gasteiger partial charge is 0.489 e. The number of rotatable bonds is 6. The summed E-state index contributed by atoms with van der Waals surface area (Å²) in [7, 11) is 1.60. The van der Waals surface area contributed by atoms with Crippen molar-refractivity contribution in [1.82, 2.24) is 19.7 Å². The van der Waals surface area contributed by atoms with E-state index in [4.69, 9.17) is 21.3 Å². The van der Waals surface area contributed by atoms with Crippen LogP contribution in [0.2, 0.25) is 5.02 Å². The third kappa shape index (κ3) is 4.35. The molecule has 0 spiro atoms. The van der Waals surface area contributed by atoms with Crippen molar-refractivity contribution in [1.29, 1.82) is 0 Å². The first-order valence-corrected chi connectivity index (χ1v) is 11.0. The second-order valence-electron chi connectivity index (χ2n) is 7.24. The van der Waals surface area contributed by atoms with Crippen molar-refractivity contribution < 1.29 is 9.53 Å². The summed E-state index contributed by atoms with van der Waals surface area (Å²) in [5.74, 6) is 0.481. The molecule has 31 heavy (non-hydrogen) atoms. The number of nitrogens with zero attached hydrogens (tertiary/aromatic N) is 3. The number of hydrogen-bond acceptors (Lipinski definition) is 6. The Morgan fingerprint density at radius 2 is 2.03 bits per heavy atom. The van der Waals surface area contributed by atoms with Gasteiger partial charge in [-0.2, -0.15) is 0 Å². The smallest absolute Gasteiger partial charge is 0.251 e. The van der Waals surface area contributed by atoms with Gasteiger partial charge in [0.15, 0.2) is 5.13 Å². The molecule has 3 heterocycles. The van der Waals surface area contributed by atoms with Crippen molar-refractivity contribution >= 4 is 45.3 Å². The predicted molar refractivity (Wildman–Crippen MR) is 125 cm³/mol. The average Bonchev–Trinajstić information content (AvgIpc) is 3.31. The van der Waals surface area contributed by atoms with Crippen molar-refractivity contribution in [2.45, 2.75) is 26.9 Å². The molecule has 1 aromatic carbocycles. The third-order valence-electron chi connectivity index (χ3n) is 4.58. The molecule has 0 aliphatic heterocycles. The second kappa shape index (κ2) is 8.56. The number of carbonyl (C=O) groups is 1. The maximum atomic E-state index is 12.1. The van der Waals surface area contributed by atoms with Crippen LogP contribution >= 0.6 is 22.9 Å². The monoisotopic (exact) mass is 455 g/mol. The van der Waals surface area contributed by atoms with Crippen LogP contribution in [0.5, 0.6) is 5.75 Å². The summed E-state index contributed by atoms with van der Waals surface area (Å²) in [5, 5.41) is 9.21. The number of imidazole rings is 1. The standard InChI is InChI=1S/C22H22ClN5O2S/c1-12(2)30-18-7-5-14(21(29)24-4)9-16(18)26-22-27-17(11-31-22)20-13(3)25-19-8-6-15(23)10-28(19)20/h5-12H,1-4H3,(H,24,29)(H,26,27). The van der Waals surface area contributed by atoms with Crippen molar-refractivity contribution in [3.05, 3.63) is 58.2 Å². The molecule has 0 saturated heterocycles. The van der Waals surface area contributed by atoms with Crippen molar-refractivity contribution in [3.63, 3.8) is 0 Å². The predicted octanol–water partition coefficient (Wildman–Crippen LogP) is 5.31. The fourth-order valence-electron chi connectivity index (χ4n) is 3.27. The third-order valence-corrected chi connectivity index (χ3v) is 5.56. The Bertz CT molecular complexity index is 1260. The van der Waals surface area contributed by atoms with Crippen LogP contribution in [0.3, 0.4) is 0 Å². The van der Waals surface area contributed by atoms with Crippen LogP contribution in [-0.4, -0.2) is 33.4 Å². The van der Waals surface area contributed by atoms with Gasteiger partial charge in [-0.25, -0.2) is 9.97 Å². The molecular weight excluding hydrogens is 434 g/mol. The van der Waals surface area contributed by atoms with Gasteiger partial charge in [-0.3, -0.25) is 9.20 Å². The highest BCUT2D eigenvalue weighted by Crippen LogP contribution is 2.34. The molecule has 0 fully saturated rings. The van der Waals surface area contributed by atoms with Crippen molar-refractivity contribution in [3.8, 4) is 17.1 Å². The summed E-state index contributed by atoms with van der Waals surface area (Å²) < 4.78 is 7.85. The maximum absolute atomic E-state index is 12.1. The van der Waals surface area contributed by atoms with Crippen molar-refractivity contribution in [2.24, 2.45) is 0 Å². The zero-order valence-electron chi connectivity index (χ0n) is 17.6. The molecule has 4 rings (SSSR count). The van der Waals surface area contributed by atoms with E-state index in [1.807, 2.05) is 48.9 Å². The van der Waals surface area contributed by atoms with Gasteiger partial charge in [-0.1, -0.05) is 11.6 Å². The molecule has 160 valence electrons. The SMILES string of the molecule is CNC(=O)c1ccc(OC(C)C)c(Nc2nc(-c3c(C)nc4ccc(Cl)cn34)cs2)c1. The number of benzene rings is 1. The number of fused-ring (bicyclic) bond motifs is 1. The molecule has 0 atom stereocenters. The minimum absolute atomic E-state index is 0.0104. The Hall–Kier alpha value is -3.10. The zero-order valence-corrected chi connectivity index (χ0v) is 19.1. The van der Waals surface area contributed by atoms with E-state index in [1.165, 1.54) is 11.3 Å². The van der Waals surface area contributed by atoms with E-state index in [-0.39, 0.29) is 12.0 Å². The number of ether oxygens (including phenoxy) is 1. The van der Waals surface area contributed by atoms with Crippen LogP contribution in [0.4, 0.5) is 10.8 Å². The summed E-state index contributed by atoms with van der Waals surface area (Å²) in [5.41, 5.74) is 4.56. The van der Waals surface area contributed by atoms with Gasteiger partial charge in [0.1, 0.15) is 17.1 Å². The molecule has 7 nitrogen and oxygen atoms in total. The Balaban J connectivity index is 1.70. The number of hydrogen-bond donors (Lipinski definition) is 2. The van der Waals surface area contributed by atoms with Gasteiger partial charge < -0.3 is 15.4 Å². The summed E-state index contributed by atoms with van der Waals surface area (Å²) in [6.07, 6.45) is 1.82. The molecule has 0 radical (unpaired) electrons. The molecule has 1 amide bonds. The van der Waals surface area contributed by atoms with Gasteiger partial charge in [0, 0.05) is 24.2 Å². The lowest BCUT2D eigenvalue weighted by Gasteiger charge is -2.15. The number of amides is 1. The number of carbonyl (C=O) groups excluding carboxylic acids is 1. The highest BCUT2D eigenvalue weighted by Gasteiger charge is 2.16. The first kappa shape index (κ1) is 21.1. The number of aromatic nitrogens is 3. The molecular formula is C22H22ClN5O2S. The second-order valence-corrected chi connectivity index (χ2v) is 8.54. The molecule has 0 aliphatic rings. The highest BCUT2D eigenvalue weighted by molar-refractivity contribution is 7.14. The summed E-state index contributed by atoms with van der Waals surface area (Å²) in [6.45, 7) is 5.86. The summed E-state index contributed by atoms with van der Waals surface area (Å²) >= 11 is 7.65. The minimum atomic E-state index is -0.169. The van der Waals surface area contributed by atoms with Crippen LogP contribution in [-0.2, 0) is 0 Å². The molecule has 0 unspecified atom stereocenters. The number of thiazole rings is 1. The number of aryl methyl sites for hydroxylation is 1. The first-order valence-electron chi connectivity index (χ1n) is 9.75. The lowest BCUT2D eigenvalue weighted by atomic mass is 10.1. The molecule has 0 saturated carbocycles. The van der Waals surface area contributed by atoms with Gasteiger partial charge in [0.2, 0.25) is 0 Å². The number of pyridine rings is 1. The maximum Gasteiger partial charge on any atom is 0.251 e. The molecule has 0 aliphatic carbocycles. The van der Waals surface area contributed by atoms with Crippen molar-refractivity contribution in [2.75, 3.05) is 12.4 Å². The van der Waals surface area contributed by atoms with E-state index in [9.17, 15) is 4.79 Å². The lowest BCUT2D eigenvalue weighted by Crippen LogP contribution is -2.18. The van der Waals surface area contributed by atoms with Crippen LogP contribution in [0.15, 0.2) is 41.9 Å². The Kier molecular flexibility index (Phi) is 5.84. The van der Waals surface area contributed by atoms with Gasteiger partial charge >= 0.3 is 0 Å². The number of nitrogens with one attached hydrogen (secondary N) is 2. The van der Waals surface area contributed by atoms with E-state index in [0.29, 0.717) is 27.2 Å².